The zero-order valence-corrected chi connectivity index (χ0v) is 14.7. The summed E-state index contributed by atoms with van der Waals surface area (Å²) in [6, 6.07) is 7.89. The third-order valence-corrected chi connectivity index (χ3v) is 6.42. The van der Waals surface area contributed by atoms with Gasteiger partial charge in [0.25, 0.3) is 0 Å². The molecule has 3 heteroatoms. The molecule has 4 saturated carbocycles. The Hall–Kier alpha value is -1.51. The van der Waals surface area contributed by atoms with E-state index in [2.05, 4.69) is 5.32 Å². The second kappa shape index (κ2) is 6.42. The summed E-state index contributed by atoms with van der Waals surface area (Å²) in [5, 5.41) is 3.26. The Morgan fingerprint density at radius 2 is 1.67 bits per heavy atom. The predicted octanol–water partition coefficient (Wildman–Crippen LogP) is 3.96. The zero-order chi connectivity index (χ0) is 16.6. The molecule has 5 rings (SSSR count). The zero-order valence-electron chi connectivity index (χ0n) is 14.7. The van der Waals surface area contributed by atoms with E-state index in [-0.39, 0.29) is 5.91 Å². The first-order valence-electron chi connectivity index (χ1n) is 9.62. The molecule has 0 aromatic heterocycles. The average Bonchev–Trinajstić information content (AvgIpc) is 2.54. The predicted molar refractivity (Wildman–Crippen MR) is 94.9 cm³/mol. The molecule has 1 N–H and O–H groups in total. The molecule has 4 bridgehead atoms. The van der Waals surface area contributed by atoms with Gasteiger partial charge < -0.3 is 10.1 Å². The Morgan fingerprint density at radius 3 is 2.21 bits per heavy atom. The maximum atomic E-state index is 12.4. The third-order valence-electron chi connectivity index (χ3n) is 6.42. The van der Waals surface area contributed by atoms with Crippen LogP contribution in [0.5, 0.6) is 5.75 Å². The van der Waals surface area contributed by atoms with E-state index in [4.69, 9.17) is 4.74 Å². The van der Waals surface area contributed by atoms with Crippen molar-refractivity contribution in [2.45, 2.75) is 51.9 Å². The fraction of sp³-hybridized carbons (Fsp3) is 0.667. The normalized spacial score (nSPS) is 33.5. The minimum atomic E-state index is 0.162. The summed E-state index contributed by atoms with van der Waals surface area (Å²) >= 11 is 0. The number of ether oxygens (including phenoxy) is 1. The molecule has 0 aliphatic heterocycles. The van der Waals surface area contributed by atoms with Gasteiger partial charge in [-0.1, -0.05) is 12.1 Å². The topological polar surface area (TPSA) is 38.3 Å². The minimum Gasteiger partial charge on any atom is -0.494 e. The summed E-state index contributed by atoms with van der Waals surface area (Å²) in [7, 11) is 0. The van der Waals surface area contributed by atoms with Gasteiger partial charge in [-0.2, -0.15) is 0 Å². The summed E-state index contributed by atoms with van der Waals surface area (Å²) in [6.45, 7) is 3.54. The maximum Gasteiger partial charge on any atom is 0.224 e. The molecular weight excluding hydrogens is 298 g/mol. The molecule has 1 aromatic carbocycles. The lowest BCUT2D eigenvalue weighted by atomic mass is 9.49. The van der Waals surface area contributed by atoms with Gasteiger partial charge in [0.15, 0.2) is 0 Å². The number of carbonyl (C=O) groups is 1. The molecular formula is C21H29NO2. The van der Waals surface area contributed by atoms with Gasteiger partial charge in [0.2, 0.25) is 5.91 Å². The van der Waals surface area contributed by atoms with E-state index in [1.807, 2.05) is 31.2 Å². The van der Waals surface area contributed by atoms with Crippen LogP contribution in [0.25, 0.3) is 0 Å². The smallest absolute Gasteiger partial charge is 0.224 e. The van der Waals surface area contributed by atoms with Crippen molar-refractivity contribution < 1.29 is 9.53 Å². The number of carbonyl (C=O) groups excluding carboxylic acids is 1. The van der Waals surface area contributed by atoms with E-state index < -0.39 is 0 Å². The lowest BCUT2D eigenvalue weighted by Gasteiger charge is -2.56. The van der Waals surface area contributed by atoms with Crippen LogP contribution in [0.2, 0.25) is 0 Å². The van der Waals surface area contributed by atoms with Crippen LogP contribution in [-0.2, 0) is 11.2 Å². The van der Waals surface area contributed by atoms with Crippen molar-refractivity contribution in [3.05, 3.63) is 29.8 Å². The van der Waals surface area contributed by atoms with E-state index in [0.29, 0.717) is 18.4 Å². The van der Waals surface area contributed by atoms with Crippen LogP contribution in [0.1, 0.15) is 51.0 Å². The van der Waals surface area contributed by atoms with Gasteiger partial charge in [-0.3, -0.25) is 4.79 Å². The summed E-state index contributed by atoms with van der Waals surface area (Å²) in [5.41, 5.74) is 1.48. The highest BCUT2D eigenvalue weighted by atomic mass is 16.5. The average molecular weight is 327 g/mol. The summed E-state index contributed by atoms with van der Waals surface area (Å²) < 4.78 is 5.45. The van der Waals surface area contributed by atoms with Gasteiger partial charge in [-0.05, 0) is 86.3 Å². The molecule has 3 nitrogen and oxygen atoms in total. The van der Waals surface area contributed by atoms with Crippen molar-refractivity contribution in [1.82, 2.24) is 5.32 Å². The molecule has 1 aromatic rings. The number of hydrogen-bond donors (Lipinski definition) is 1. The lowest BCUT2D eigenvalue weighted by Crippen LogP contribution is -2.51. The van der Waals surface area contributed by atoms with E-state index >= 15 is 0 Å². The lowest BCUT2D eigenvalue weighted by molar-refractivity contribution is -0.122. The van der Waals surface area contributed by atoms with Crippen LogP contribution >= 0.6 is 0 Å². The summed E-state index contributed by atoms with van der Waals surface area (Å²) in [5.74, 6) is 3.86. The van der Waals surface area contributed by atoms with Crippen molar-refractivity contribution in [2.75, 3.05) is 13.2 Å². The van der Waals surface area contributed by atoms with Gasteiger partial charge >= 0.3 is 0 Å². The highest BCUT2D eigenvalue weighted by Gasteiger charge is 2.50. The van der Waals surface area contributed by atoms with Crippen LogP contribution in [0.4, 0.5) is 0 Å². The number of nitrogens with one attached hydrogen (secondary N) is 1. The second-order valence-electron chi connectivity index (χ2n) is 8.45. The van der Waals surface area contributed by atoms with Crippen molar-refractivity contribution in [3.8, 4) is 5.75 Å². The molecule has 0 radical (unpaired) electrons. The van der Waals surface area contributed by atoms with Crippen LogP contribution in [0, 0.1) is 23.2 Å². The summed E-state index contributed by atoms with van der Waals surface area (Å²) in [6.07, 6.45) is 8.89. The van der Waals surface area contributed by atoms with Gasteiger partial charge in [0.1, 0.15) is 5.75 Å². The molecule has 4 aliphatic rings. The quantitative estimate of drug-likeness (QED) is 0.859. The minimum absolute atomic E-state index is 0.162. The van der Waals surface area contributed by atoms with Gasteiger partial charge in [-0.15, -0.1) is 0 Å². The molecule has 0 atom stereocenters. The Balaban J connectivity index is 1.30. The first kappa shape index (κ1) is 16.0. The molecule has 4 aliphatic carbocycles. The highest BCUT2D eigenvalue weighted by molar-refractivity contribution is 5.78. The van der Waals surface area contributed by atoms with Crippen molar-refractivity contribution >= 4 is 5.91 Å². The number of amides is 1. The van der Waals surface area contributed by atoms with Crippen molar-refractivity contribution in [3.63, 3.8) is 0 Å². The molecule has 0 saturated heterocycles. The van der Waals surface area contributed by atoms with Crippen LogP contribution in [0.3, 0.4) is 0 Å². The Kier molecular flexibility index (Phi) is 4.28. The summed E-state index contributed by atoms with van der Waals surface area (Å²) in [4.78, 5) is 12.4. The van der Waals surface area contributed by atoms with Gasteiger partial charge in [-0.25, -0.2) is 0 Å². The van der Waals surface area contributed by atoms with Gasteiger partial charge in [0, 0.05) is 6.54 Å². The van der Waals surface area contributed by atoms with Crippen molar-refractivity contribution in [2.24, 2.45) is 23.2 Å². The Bertz CT molecular complexity index is 557. The fourth-order valence-electron chi connectivity index (χ4n) is 5.91. The Labute approximate surface area is 145 Å². The van der Waals surface area contributed by atoms with Gasteiger partial charge in [0.05, 0.1) is 13.0 Å². The monoisotopic (exact) mass is 327 g/mol. The molecule has 4 fully saturated rings. The number of hydrogen-bond acceptors (Lipinski definition) is 2. The van der Waals surface area contributed by atoms with E-state index in [1.165, 1.54) is 38.5 Å². The SMILES string of the molecule is CCOc1ccc(CC(=O)NCC23CC4CC(CC(C4)C2)C3)cc1. The standard InChI is InChI=1S/C21H29NO2/c1-2-24-19-5-3-15(4-6-19)10-20(23)22-14-21-11-16-7-17(12-21)9-18(8-16)13-21/h3-6,16-18H,2,7-14H2,1H3,(H,22,23). The van der Waals surface area contributed by atoms with Crippen LogP contribution < -0.4 is 10.1 Å². The first-order valence-corrected chi connectivity index (χ1v) is 9.62. The largest absolute Gasteiger partial charge is 0.494 e. The molecule has 130 valence electrons. The number of benzene rings is 1. The molecule has 24 heavy (non-hydrogen) atoms. The first-order chi connectivity index (χ1) is 11.6. The van der Waals surface area contributed by atoms with E-state index in [1.54, 1.807) is 0 Å². The van der Waals surface area contributed by atoms with Crippen LogP contribution in [-0.4, -0.2) is 19.1 Å². The fourth-order valence-corrected chi connectivity index (χ4v) is 5.91. The van der Waals surface area contributed by atoms with E-state index in [0.717, 1.165) is 35.6 Å². The molecule has 0 spiro atoms. The van der Waals surface area contributed by atoms with Crippen LogP contribution in [0.15, 0.2) is 24.3 Å². The van der Waals surface area contributed by atoms with Crippen molar-refractivity contribution in [1.29, 1.82) is 0 Å². The molecule has 0 unspecified atom stereocenters. The molecule has 1 amide bonds. The molecule has 0 heterocycles. The highest BCUT2D eigenvalue weighted by Crippen LogP contribution is 2.59. The Morgan fingerprint density at radius 1 is 1.08 bits per heavy atom. The third kappa shape index (κ3) is 3.31. The van der Waals surface area contributed by atoms with E-state index in [9.17, 15) is 4.79 Å². The number of rotatable bonds is 6. The second-order valence-corrected chi connectivity index (χ2v) is 8.45. The maximum absolute atomic E-state index is 12.4.